The Morgan fingerprint density at radius 1 is 1.00 bits per heavy atom. The lowest BCUT2D eigenvalue weighted by molar-refractivity contribution is -0.121. The van der Waals surface area contributed by atoms with Gasteiger partial charge < -0.3 is 16.0 Å². The third kappa shape index (κ3) is 6.78. The van der Waals surface area contributed by atoms with Crippen LogP contribution in [0.1, 0.15) is 23.5 Å². The van der Waals surface area contributed by atoms with Crippen LogP contribution in [-0.2, 0) is 20.9 Å². The predicted molar refractivity (Wildman–Crippen MR) is 147 cm³/mol. The summed E-state index contributed by atoms with van der Waals surface area (Å²) in [6.07, 6.45) is 0.0666. The Hall–Kier alpha value is -3.07. The van der Waals surface area contributed by atoms with Crippen LogP contribution in [-0.4, -0.2) is 23.5 Å². The third-order valence-electron chi connectivity index (χ3n) is 5.54. The minimum atomic E-state index is -0.558. The highest BCUT2D eigenvalue weighted by molar-refractivity contribution is 9.10. The molecule has 0 aromatic heterocycles. The second-order valence-corrected chi connectivity index (χ2v) is 10.4. The number of rotatable bonds is 8. The second-order valence-electron chi connectivity index (χ2n) is 8.08. The van der Waals surface area contributed by atoms with E-state index in [1.807, 2.05) is 54.6 Å². The van der Waals surface area contributed by atoms with Crippen LogP contribution in [0.4, 0.5) is 5.69 Å². The van der Waals surface area contributed by atoms with E-state index in [4.69, 9.17) is 11.6 Å². The Morgan fingerprint density at radius 2 is 1.69 bits per heavy atom. The van der Waals surface area contributed by atoms with E-state index in [9.17, 15) is 14.4 Å². The molecule has 36 heavy (non-hydrogen) atoms. The number of nitrogens with one attached hydrogen (secondary N) is 3. The van der Waals surface area contributed by atoms with Crippen LogP contribution in [0.15, 0.2) is 93.9 Å². The number of carbonyl (C=O) groups excluding carboxylic acids is 3. The van der Waals surface area contributed by atoms with Crippen LogP contribution in [0.3, 0.4) is 0 Å². The Kier molecular flexibility index (Phi) is 8.85. The first-order chi connectivity index (χ1) is 17.4. The van der Waals surface area contributed by atoms with Crippen molar-refractivity contribution in [2.75, 3.05) is 11.1 Å². The molecule has 1 atom stereocenters. The molecule has 0 saturated heterocycles. The largest absolute Gasteiger partial charge is 0.351 e. The summed E-state index contributed by atoms with van der Waals surface area (Å²) >= 11 is 11.0. The summed E-state index contributed by atoms with van der Waals surface area (Å²) in [5, 5.41) is 9.40. The Balaban J connectivity index is 1.59. The molecule has 184 valence electrons. The first-order valence-corrected chi connectivity index (χ1v) is 13.3. The fourth-order valence-corrected chi connectivity index (χ4v) is 5.29. The van der Waals surface area contributed by atoms with Crippen molar-refractivity contribution < 1.29 is 14.4 Å². The average Bonchev–Trinajstić information content (AvgIpc) is 2.88. The van der Waals surface area contributed by atoms with Crippen molar-refractivity contribution in [3.63, 3.8) is 0 Å². The van der Waals surface area contributed by atoms with Gasteiger partial charge in [-0.1, -0.05) is 87.8 Å². The molecule has 1 aliphatic heterocycles. The molecule has 0 spiro atoms. The topological polar surface area (TPSA) is 87.3 Å². The van der Waals surface area contributed by atoms with Gasteiger partial charge in [-0.2, -0.15) is 0 Å². The fraction of sp³-hybridized carbons (Fsp3) is 0.148. The number of thioether (sulfide) groups is 1. The average molecular weight is 585 g/mol. The molecule has 4 rings (SSSR count). The van der Waals surface area contributed by atoms with Gasteiger partial charge in [0.25, 0.3) is 5.91 Å². The molecule has 1 aliphatic rings. The van der Waals surface area contributed by atoms with Crippen molar-refractivity contribution in [3.05, 3.63) is 110 Å². The van der Waals surface area contributed by atoms with E-state index in [1.165, 1.54) is 0 Å². The van der Waals surface area contributed by atoms with Gasteiger partial charge in [0.1, 0.15) is 0 Å². The van der Waals surface area contributed by atoms with Crippen molar-refractivity contribution in [3.8, 4) is 0 Å². The maximum absolute atomic E-state index is 13.5. The van der Waals surface area contributed by atoms with E-state index >= 15 is 0 Å². The number of anilines is 1. The maximum atomic E-state index is 13.5. The van der Waals surface area contributed by atoms with E-state index in [0.29, 0.717) is 33.4 Å². The number of hydrogen-bond donors (Lipinski definition) is 3. The van der Waals surface area contributed by atoms with Gasteiger partial charge in [-0.25, -0.2) is 0 Å². The lowest BCUT2D eigenvalue weighted by atomic mass is 9.86. The molecule has 3 N–H and O–H groups in total. The molecule has 0 radical (unpaired) electrons. The molecule has 1 heterocycles. The van der Waals surface area contributed by atoms with Crippen LogP contribution < -0.4 is 16.0 Å². The molecule has 0 fully saturated rings. The first-order valence-electron chi connectivity index (χ1n) is 11.2. The monoisotopic (exact) mass is 583 g/mol. The molecule has 3 amide bonds. The summed E-state index contributed by atoms with van der Waals surface area (Å²) in [5.74, 6) is -1.34. The molecule has 0 bridgehead atoms. The summed E-state index contributed by atoms with van der Waals surface area (Å²) in [5.41, 5.74) is 2.64. The van der Waals surface area contributed by atoms with E-state index in [1.54, 1.807) is 24.3 Å². The minimum Gasteiger partial charge on any atom is -0.351 e. The molecule has 0 saturated carbocycles. The quantitative estimate of drug-likeness (QED) is 0.321. The molecule has 0 unspecified atom stereocenters. The van der Waals surface area contributed by atoms with Gasteiger partial charge in [-0.3, -0.25) is 14.4 Å². The molecular weight excluding hydrogens is 562 g/mol. The van der Waals surface area contributed by atoms with E-state index in [2.05, 4.69) is 31.9 Å². The zero-order valence-electron chi connectivity index (χ0n) is 19.1. The minimum absolute atomic E-state index is 0.0345. The van der Waals surface area contributed by atoms with Crippen LogP contribution in [0.25, 0.3) is 0 Å². The highest BCUT2D eigenvalue weighted by Crippen LogP contribution is 2.39. The standard InChI is InChI=1S/C27H23BrClN3O3S/c28-18-10-12-19(13-11-18)31-26(35)25-21(20-8-4-5-9-22(20)29)14-23(33)32-27(25)36-16-24(34)30-15-17-6-2-1-3-7-17/h1-13,21H,14-16H2,(H,30,34)(H,31,35)(H,32,33)/t21-/m0/s1. The molecule has 6 nitrogen and oxygen atoms in total. The Bertz CT molecular complexity index is 1300. The summed E-state index contributed by atoms with van der Waals surface area (Å²) in [6.45, 7) is 0.394. The summed E-state index contributed by atoms with van der Waals surface area (Å²) in [6, 6.07) is 23.9. The number of hydrogen-bond acceptors (Lipinski definition) is 4. The van der Waals surface area contributed by atoms with E-state index in [-0.39, 0.29) is 29.9 Å². The van der Waals surface area contributed by atoms with E-state index < -0.39 is 5.92 Å². The molecule has 3 aromatic rings. The fourth-order valence-electron chi connectivity index (χ4n) is 3.81. The first kappa shape index (κ1) is 26.0. The van der Waals surface area contributed by atoms with Gasteiger partial charge in [0.05, 0.1) is 16.4 Å². The highest BCUT2D eigenvalue weighted by atomic mass is 79.9. The zero-order valence-corrected chi connectivity index (χ0v) is 22.3. The lowest BCUT2D eigenvalue weighted by Crippen LogP contribution is -2.36. The lowest BCUT2D eigenvalue weighted by Gasteiger charge is -2.28. The van der Waals surface area contributed by atoms with Gasteiger partial charge >= 0.3 is 0 Å². The molecule has 3 aromatic carbocycles. The van der Waals surface area contributed by atoms with Gasteiger partial charge in [0.15, 0.2) is 0 Å². The van der Waals surface area contributed by atoms with Crippen LogP contribution in [0, 0.1) is 0 Å². The zero-order chi connectivity index (χ0) is 25.5. The molecule has 0 aliphatic carbocycles. The normalized spacial score (nSPS) is 15.3. The molecule has 9 heteroatoms. The third-order valence-corrected chi connectivity index (χ3v) is 7.43. The molecular formula is C27H23BrClN3O3S. The SMILES string of the molecule is O=C(CSC1=C(C(=O)Nc2ccc(Br)cc2)[C@H](c2ccccc2Cl)CC(=O)N1)NCc1ccccc1. The smallest absolute Gasteiger partial charge is 0.254 e. The Morgan fingerprint density at radius 3 is 2.42 bits per heavy atom. The van der Waals surface area contributed by atoms with Crippen molar-refractivity contribution in [1.29, 1.82) is 0 Å². The Labute approximate surface area is 227 Å². The van der Waals surface area contributed by atoms with Crippen molar-refractivity contribution in [2.24, 2.45) is 0 Å². The van der Waals surface area contributed by atoms with Crippen LogP contribution in [0.5, 0.6) is 0 Å². The van der Waals surface area contributed by atoms with Crippen molar-refractivity contribution in [2.45, 2.75) is 18.9 Å². The van der Waals surface area contributed by atoms with Gasteiger partial charge in [-0.15, -0.1) is 0 Å². The van der Waals surface area contributed by atoms with E-state index in [0.717, 1.165) is 21.8 Å². The van der Waals surface area contributed by atoms with Gasteiger partial charge in [0.2, 0.25) is 11.8 Å². The van der Waals surface area contributed by atoms with Gasteiger partial charge in [-0.05, 0) is 41.5 Å². The summed E-state index contributed by atoms with van der Waals surface area (Å²) in [7, 11) is 0. The van der Waals surface area contributed by atoms with Crippen molar-refractivity contribution in [1.82, 2.24) is 10.6 Å². The summed E-state index contributed by atoms with van der Waals surface area (Å²) < 4.78 is 0.886. The van der Waals surface area contributed by atoms with Crippen molar-refractivity contribution >= 4 is 62.7 Å². The second kappa shape index (κ2) is 12.3. The van der Waals surface area contributed by atoms with Crippen LogP contribution >= 0.6 is 39.3 Å². The van der Waals surface area contributed by atoms with Gasteiger partial charge in [0, 0.05) is 34.1 Å². The number of amides is 3. The number of benzene rings is 3. The van der Waals surface area contributed by atoms with Crippen LogP contribution in [0.2, 0.25) is 5.02 Å². The summed E-state index contributed by atoms with van der Waals surface area (Å²) in [4.78, 5) is 38.7. The predicted octanol–water partition coefficient (Wildman–Crippen LogP) is 5.61. The number of carbonyl (C=O) groups is 3. The maximum Gasteiger partial charge on any atom is 0.254 e. The number of halogens is 2. The highest BCUT2D eigenvalue weighted by Gasteiger charge is 2.35.